The fourth-order valence-corrected chi connectivity index (χ4v) is 5.41. The van der Waals surface area contributed by atoms with Crippen molar-refractivity contribution in [1.82, 2.24) is 14.8 Å². The van der Waals surface area contributed by atoms with E-state index in [9.17, 15) is 9.59 Å². The normalized spacial score (nSPS) is 19.8. The van der Waals surface area contributed by atoms with Gasteiger partial charge in [0, 0.05) is 55.1 Å². The molecule has 166 valence electrons. The number of carbonyl (C=O) groups excluding carboxylic acids is 2. The minimum atomic E-state index is -0.208. The molecule has 0 bridgehead atoms. The second-order valence-electron chi connectivity index (χ2n) is 9.47. The number of piperidine rings is 1. The molecule has 1 unspecified atom stereocenters. The number of carbonyl (C=O) groups is 2. The van der Waals surface area contributed by atoms with Crippen LogP contribution in [0.15, 0.2) is 48.5 Å². The van der Waals surface area contributed by atoms with E-state index in [4.69, 9.17) is 0 Å². The third kappa shape index (κ3) is 3.92. The maximum absolute atomic E-state index is 13.2. The highest BCUT2D eigenvalue weighted by Crippen LogP contribution is 2.34. The number of aryl methyl sites for hydroxylation is 2. The summed E-state index contributed by atoms with van der Waals surface area (Å²) in [7, 11) is 0. The number of amides is 2. The highest BCUT2D eigenvalue weighted by atomic mass is 16.2. The first kappa shape index (κ1) is 20.8. The summed E-state index contributed by atoms with van der Waals surface area (Å²) in [6.07, 6.45) is 2.27. The van der Waals surface area contributed by atoms with Crippen LogP contribution in [0.25, 0.3) is 10.9 Å². The number of benzene rings is 2. The number of aromatic amines is 1. The van der Waals surface area contributed by atoms with Gasteiger partial charge in [-0.05, 0) is 49.9 Å². The summed E-state index contributed by atoms with van der Waals surface area (Å²) in [4.78, 5) is 33.1. The lowest BCUT2D eigenvalue weighted by atomic mass is 9.90. The standard InChI is InChI=1S/C27H31N3O2/c1-18-8-9-24-23(14-18)19(2)26(28-24)21-10-12-29(13-11-21)27(32)22-15-25(31)30(17-22)16-20-6-4-3-5-7-20/h3-9,14,21-22,28H,10-13,15-17H2,1-2H3. The van der Waals surface area contributed by atoms with Crippen LogP contribution in [0.4, 0.5) is 0 Å². The minimum Gasteiger partial charge on any atom is -0.358 e. The Morgan fingerprint density at radius 3 is 2.56 bits per heavy atom. The molecule has 1 atom stereocenters. The Balaban J connectivity index is 1.21. The zero-order chi connectivity index (χ0) is 22.2. The molecule has 1 aromatic heterocycles. The minimum absolute atomic E-state index is 0.0890. The number of aromatic nitrogens is 1. The van der Waals surface area contributed by atoms with Crippen LogP contribution >= 0.6 is 0 Å². The highest BCUT2D eigenvalue weighted by Gasteiger charge is 2.37. The Hall–Kier alpha value is -3.08. The fraction of sp³-hybridized carbons (Fsp3) is 0.407. The van der Waals surface area contributed by atoms with Crippen LogP contribution in [-0.2, 0) is 16.1 Å². The molecule has 2 aromatic carbocycles. The van der Waals surface area contributed by atoms with E-state index < -0.39 is 0 Å². The molecule has 2 fully saturated rings. The SMILES string of the molecule is Cc1ccc2[nH]c(C3CCN(C(=O)C4CC(=O)N(Cc5ccccc5)C4)CC3)c(C)c2c1. The molecule has 0 spiro atoms. The summed E-state index contributed by atoms with van der Waals surface area (Å²) < 4.78 is 0. The Bertz CT molecular complexity index is 1140. The number of likely N-dealkylation sites (tertiary alicyclic amines) is 2. The van der Waals surface area contributed by atoms with E-state index in [2.05, 4.69) is 37.0 Å². The predicted octanol–water partition coefficient (Wildman–Crippen LogP) is 4.54. The zero-order valence-electron chi connectivity index (χ0n) is 18.9. The second kappa shape index (κ2) is 8.45. The third-order valence-corrected chi connectivity index (χ3v) is 7.25. The van der Waals surface area contributed by atoms with Gasteiger partial charge < -0.3 is 14.8 Å². The Kier molecular flexibility index (Phi) is 5.50. The van der Waals surface area contributed by atoms with Crippen LogP contribution in [0.2, 0.25) is 0 Å². The molecular formula is C27H31N3O2. The number of fused-ring (bicyclic) bond motifs is 1. The van der Waals surface area contributed by atoms with Crippen molar-refractivity contribution in [2.45, 2.75) is 45.6 Å². The first-order chi connectivity index (χ1) is 15.5. The van der Waals surface area contributed by atoms with Gasteiger partial charge in [-0.1, -0.05) is 42.0 Å². The van der Waals surface area contributed by atoms with Gasteiger partial charge in [-0.15, -0.1) is 0 Å². The van der Waals surface area contributed by atoms with Crippen LogP contribution in [0, 0.1) is 19.8 Å². The predicted molar refractivity (Wildman–Crippen MR) is 126 cm³/mol. The molecule has 1 N–H and O–H groups in total. The molecule has 32 heavy (non-hydrogen) atoms. The molecule has 2 saturated heterocycles. The monoisotopic (exact) mass is 429 g/mol. The van der Waals surface area contributed by atoms with Crippen molar-refractivity contribution < 1.29 is 9.59 Å². The van der Waals surface area contributed by atoms with Gasteiger partial charge in [0.2, 0.25) is 11.8 Å². The quantitative estimate of drug-likeness (QED) is 0.662. The summed E-state index contributed by atoms with van der Waals surface area (Å²) in [5.41, 5.74) is 6.25. The second-order valence-corrected chi connectivity index (χ2v) is 9.47. The van der Waals surface area contributed by atoms with E-state index in [1.807, 2.05) is 40.1 Å². The first-order valence-corrected chi connectivity index (χ1v) is 11.7. The lowest BCUT2D eigenvalue weighted by Gasteiger charge is -2.33. The number of nitrogens with one attached hydrogen (secondary N) is 1. The van der Waals surface area contributed by atoms with E-state index >= 15 is 0 Å². The summed E-state index contributed by atoms with van der Waals surface area (Å²) in [6, 6.07) is 16.6. The van der Waals surface area contributed by atoms with Gasteiger partial charge in [0.25, 0.3) is 0 Å². The van der Waals surface area contributed by atoms with Crippen molar-refractivity contribution >= 4 is 22.7 Å². The van der Waals surface area contributed by atoms with Crippen LogP contribution < -0.4 is 0 Å². The lowest BCUT2D eigenvalue weighted by Crippen LogP contribution is -2.42. The largest absolute Gasteiger partial charge is 0.358 e. The van der Waals surface area contributed by atoms with Crippen molar-refractivity contribution in [1.29, 1.82) is 0 Å². The van der Waals surface area contributed by atoms with Gasteiger partial charge in [0.15, 0.2) is 0 Å². The van der Waals surface area contributed by atoms with Gasteiger partial charge in [-0.3, -0.25) is 9.59 Å². The summed E-state index contributed by atoms with van der Waals surface area (Å²) in [5.74, 6) is 0.481. The topological polar surface area (TPSA) is 56.4 Å². The molecule has 0 aliphatic carbocycles. The third-order valence-electron chi connectivity index (χ3n) is 7.25. The molecule has 0 radical (unpaired) electrons. The Labute approximate surface area is 189 Å². The van der Waals surface area contributed by atoms with Crippen LogP contribution in [0.3, 0.4) is 0 Å². The number of hydrogen-bond acceptors (Lipinski definition) is 2. The first-order valence-electron chi connectivity index (χ1n) is 11.7. The molecule has 2 aliphatic heterocycles. The number of H-pyrrole nitrogens is 1. The van der Waals surface area contributed by atoms with Crippen molar-refractivity contribution in [3.8, 4) is 0 Å². The van der Waals surface area contributed by atoms with Gasteiger partial charge in [-0.25, -0.2) is 0 Å². The average molecular weight is 430 g/mol. The van der Waals surface area contributed by atoms with Crippen molar-refractivity contribution in [2.75, 3.05) is 19.6 Å². The Morgan fingerprint density at radius 1 is 1.06 bits per heavy atom. The van der Waals surface area contributed by atoms with Crippen molar-refractivity contribution in [2.24, 2.45) is 5.92 Å². The van der Waals surface area contributed by atoms with E-state index in [1.54, 1.807) is 0 Å². The smallest absolute Gasteiger partial charge is 0.227 e. The van der Waals surface area contributed by atoms with Gasteiger partial charge >= 0.3 is 0 Å². The number of hydrogen-bond donors (Lipinski definition) is 1. The van der Waals surface area contributed by atoms with E-state index in [0.29, 0.717) is 25.4 Å². The van der Waals surface area contributed by atoms with Crippen LogP contribution in [-0.4, -0.2) is 46.2 Å². The summed E-state index contributed by atoms with van der Waals surface area (Å²) in [5, 5.41) is 1.31. The molecule has 5 nitrogen and oxygen atoms in total. The molecule has 2 amide bonds. The van der Waals surface area contributed by atoms with E-state index in [1.165, 1.54) is 27.7 Å². The number of nitrogens with zero attached hydrogens (tertiary/aromatic N) is 2. The van der Waals surface area contributed by atoms with Crippen molar-refractivity contribution in [3.05, 3.63) is 70.9 Å². The van der Waals surface area contributed by atoms with Gasteiger partial charge in [-0.2, -0.15) is 0 Å². The molecule has 2 aliphatic rings. The zero-order valence-corrected chi connectivity index (χ0v) is 18.9. The van der Waals surface area contributed by atoms with E-state index in [0.717, 1.165) is 31.5 Å². The fourth-order valence-electron chi connectivity index (χ4n) is 5.41. The summed E-state index contributed by atoms with van der Waals surface area (Å²) >= 11 is 0. The Morgan fingerprint density at radius 2 is 1.81 bits per heavy atom. The molecule has 5 heteroatoms. The van der Waals surface area contributed by atoms with E-state index in [-0.39, 0.29) is 17.7 Å². The van der Waals surface area contributed by atoms with Gasteiger partial charge in [0.1, 0.15) is 0 Å². The number of rotatable bonds is 4. The maximum Gasteiger partial charge on any atom is 0.227 e. The summed E-state index contributed by atoms with van der Waals surface area (Å²) in [6.45, 7) is 6.99. The molecule has 3 aromatic rings. The molecule has 3 heterocycles. The molecular weight excluding hydrogens is 398 g/mol. The average Bonchev–Trinajstić information content (AvgIpc) is 3.34. The van der Waals surface area contributed by atoms with Crippen molar-refractivity contribution in [3.63, 3.8) is 0 Å². The highest BCUT2D eigenvalue weighted by molar-refractivity contribution is 5.89. The van der Waals surface area contributed by atoms with Crippen LogP contribution in [0.1, 0.15) is 47.6 Å². The lowest BCUT2D eigenvalue weighted by molar-refractivity contribution is -0.136. The van der Waals surface area contributed by atoms with Crippen LogP contribution in [0.5, 0.6) is 0 Å². The maximum atomic E-state index is 13.2. The van der Waals surface area contributed by atoms with Gasteiger partial charge in [0.05, 0.1) is 5.92 Å². The molecule has 5 rings (SSSR count). The molecule has 0 saturated carbocycles.